The Hall–Kier alpha value is -2.19. The van der Waals surface area contributed by atoms with E-state index in [9.17, 15) is 18.0 Å². The summed E-state index contributed by atoms with van der Waals surface area (Å²) in [6.07, 6.45) is 0.131. The molecule has 0 radical (unpaired) electrons. The highest BCUT2D eigenvalue weighted by Gasteiger charge is 2.33. The number of aryl methyl sites for hydroxylation is 1. The Labute approximate surface area is 132 Å². The molecule has 1 fully saturated rings. The highest BCUT2D eigenvalue weighted by atomic mass is 32.2. The zero-order chi connectivity index (χ0) is 16.8. The summed E-state index contributed by atoms with van der Waals surface area (Å²) in [6, 6.07) is 6.57. The van der Waals surface area contributed by atoms with Gasteiger partial charge in [-0.05, 0) is 24.6 Å². The summed E-state index contributed by atoms with van der Waals surface area (Å²) in [6.45, 7) is 2.08. The molecule has 1 saturated heterocycles. The maximum atomic E-state index is 12.1. The first-order valence-electron chi connectivity index (χ1n) is 7.08. The highest BCUT2D eigenvalue weighted by molar-refractivity contribution is 7.89. The molecule has 1 unspecified atom stereocenters. The fraction of sp³-hybridized carbons (Fsp3) is 0.333. The van der Waals surface area contributed by atoms with Crippen molar-refractivity contribution in [2.45, 2.75) is 13.3 Å². The monoisotopic (exact) mass is 336 g/mol. The molecular formula is C15H16N2O5S. The third-order valence-electron chi connectivity index (χ3n) is 3.92. The molecule has 1 aromatic heterocycles. The molecule has 2 heterocycles. The van der Waals surface area contributed by atoms with Crippen molar-refractivity contribution in [3.63, 3.8) is 0 Å². The Morgan fingerprint density at radius 1 is 1.30 bits per heavy atom. The van der Waals surface area contributed by atoms with E-state index in [0.717, 1.165) is 10.9 Å². The lowest BCUT2D eigenvalue weighted by Crippen LogP contribution is -2.27. The van der Waals surface area contributed by atoms with Crippen LogP contribution in [0.25, 0.3) is 11.0 Å². The van der Waals surface area contributed by atoms with E-state index in [4.69, 9.17) is 9.56 Å². The lowest BCUT2D eigenvalue weighted by atomic mass is 10.1. The van der Waals surface area contributed by atoms with Crippen molar-refractivity contribution in [1.82, 2.24) is 0 Å². The number of hydrogen-bond acceptors (Lipinski definition) is 5. The summed E-state index contributed by atoms with van der Waals surface area (Å²) in [5.74, 6) is -0.734. The van der Waals surface area contributed by atoms with E-state index in [0.29, 0.717) is 11.3 Å². The third-order valence-corrected chi connectivity index (χ3v) is 4.86. The molecule has 1 aliphatic heterocycles. The third kappa shape index (κ3) is 3.27. The standard InChI is InChI=1S/C15H16N2O5S/c1-9-4-15(19)22-13-6-11(2-3-12(9)13)17-7-10(5-14(17)18)8-23(16,20)21/h2-4,6,10H,5,7-8H2,1H3,(H2,16,20,21). The quantitative estimate of drug-likeness (QED) is 0.831. The molecule has 1 aromatic carbocycles. The lowest BCUT2D eigenvalue weighted by Gasteiger charge is -2.17. The van der Waals surface area contributed by atoms with Gasteiger partial charge in [0.1, 0.15) is 5.58 Å². The minimum atomic E-state index is -3.62. The van der Waals surface area contributed by atoms with Gasteiger partial charge in [0.05, 0.1) is 5.75 Å². The first-order chi connectivity index (χ1) is 10.7. The number of primary sulfonamides is 1. The van der Waals surface area contributed by atoms with Gasteiger partial charge in [-0.3, -0.25) is 4.79 Å². The summed E-state index contributed by atoms with van der Waals surface area (Å²) in [7, 11) is -3.62. The first-order valence-corrected chi connectivity index (χ1v) is 8.80. The van der Waals surface area contributed by atoms with Crippen LogP contribution in [0.5, 0.6) is 0 Å². The molecule has 0 bridgehead atoms. The van der Waals surface area contributed by atoms with E-state index in [1.54, 1.807) is 18.2 Å². The van der Waals surface area contributed by atoms with E-state index in [-0.39, 0.29) is 30.5 Å². The van der Waals surface area contributed by atoms with Crippen molar-refractivity contribution in [3.05, 3.63) is 40.2 Å². The Morgan fingerprint density at radius 3 is 2.74 bits per heavy atom. The Bertz CT molecular complexity index is 948. The Balaban J connectivity index is 1.94. The molecule has 7 nitrogen and oxygen atoms in total. The SMILES string of the molecule is Cc1cc(=O)oc2cc(N3CC(CS(N)(=O)=O)CC3=O)ccc12. The smallest absolute Gasteiger partial charge is 0.336 e. The van der Waals surface area contributed by atoms with Gasteiger partial charge in [0.2, 0.25) is 15.9 Å². The summed E-state index contributed by atoms with van der Waals surface area (Å²) >= 11 is 0. The van der Waals surface area contributed by atoms with Crippen LogP contribution >= 0.6 is 0 Å². The number of carbonyl (C=O) groups is 1. The molecule has 8 heteroatoms. The second kappa shape index (κ2) is 5.47. The van der Waals surface area contributed by atoms with Gasteiger partial charge in [-0.15, -0.1) is 0 Å². The Kier molecular flexibility index (Phi) is 3.73. The van der Waals surface area contributed by atoms with Crippen molar-refractivity contribution >= 4 is 32.6 Å². The number of amides is 1. The van der Waals surface area contributed by atoms with E-state index in [1.165, 1.54) is 11.0 Å². The fourth-order valence-corrected chi connectivity index (χ4v) is 3.83. The number of sulfonamides is 1. The van der Waals surface area contributed by atoms with Crippen LogP contribution in [0.2, 0.25) is 0 Å². The van der Waals surface area contributed by atoms with E-state index < -0.39 is 15.6 Å². The van der Waals surface area contributed by atoms with E-state index in [1.807, 2.05) is 6.92 Å². The van der Waals surface area contributed by atoms with Crippen molar-refractivity contribution in [2.75, 3.05) is 17.2 Å². The van der Waals surface area contributed by atoms with Gasteiger partial charge in [0.15, 0.2) is 0 Å². The predicted octanol–water partition coefficient (Wildman–Crippen LogP) is 0.743. The molecule has 2 aromatic rings. The summed E-state index contributed by atoms with van der Waals surface area (Å²) in [5, 5.41) is 5.84. The van der Waals surface area contributed by atoms with Crippen molar-refractivity contribution in [3.8, 4) is 0 Å². The summed E-state index contributed by atoms with van der Waals surface area (Å²) in [5.41, 5.74) is 1.32. The molecule has 1 aliphatic rings. The van der Waals surface area contributed by atoms with Crippen molar-refractivity contribution in [2.24, 2.45) is 11.1 Å². The molecule has 0 saturated carbocycles. The van der Waals surface area contributed by atoms with Gasteiger partial charge in [0, 0.05) is 42.1 Å². The van der Waals surface area contributed by atoms with Gasteiger partial charge in [0.25, 0.3) is 0 Å². The van der Waals surface area contributed by atoms with Crippen LogP contribution in [-0.4, -0.2) is 26.6 Å². The molecule has 23 heavy (non-hydrogen) atoms. The average molecular weight is 336 g/mol. The maximum absolute atomic E-state index is 12.1. The maximum Gasteiger partial charge on any atom is 0.336 e. The molecule has 1 atom stereocenters. The number of benzene rings is 1. The van der Waals surface area contributed by atoms with Gasteiger partial charge in [-0.1, -0.05) is 0 Å². The Morgan fingerprint density at radius 2 is 2.04 bits per heavy atom. The minimum Gasteiger partial charge on any atom is -0.423 e. The normalized spacial score (nSPS) is 18.8. The van der Waals surface area contributed by atoms with Gasteiger partial charge in [-0.2, -0.15) is 0 Å². The molecule has 2 N–H and O–H groups in total. The second-order valence-electron chi connectivity index (χ2n) is 5.83. The van der Waals surface area contributed by atoms with Gasteiger partial charge >= 0.3 is 5.63 Å². The van der Waals surface area contributed by atoms with Crippen LogP contribution in [0.4, 0.5) is 5.69 Å². The number of nitrogens with two attached hydrogens (primary N) is 1. The van der Waals surface area contributed by atoms with Crippen LogP contribution in [0.1, 0.15) is 12.0 Å². The molecular weight excluding hydrogens is 320 g/mol. The topological polar surface area (TPSA) is 111 Å². The zero-order valence-corrected chi connectivity index (χ0v) is 13.3. The van der Waals surface area contributed by atoms with Crippen LogP contribution in [-0.2, 0) is 14.8 Å². The molecule has 122 valence electrons. The fourth-order valence-electron chi connectivity index (χ4n) is 2.95. The second-order valence-corrected chi connectivity index (χ2v) is 7.49. The minimum absolute atomic E-state index is 0.131. The van der Waals surface area contributed by atoms with E-state index in [2.05, 4.69) is 0 Å². The number of fused-ring (bicyclic) bond motifs is 1. The number of anilines is 1. The summed E-state index contributed by atoms with van der Waals surface area (Å²) in [4.78, 5) is 25.1. The zero-order valence-electron chi connectivity index (χ0n) is 12.5. The van der Waals surface area contributed by atoms with Crippen molar-refractivity contribution < 1.29 is 17.6 Å². The lowest BCUT2D eigenvalue weighted by molar-refractivity contribution is -0.117. The van der Waals surface area contributed by atoms with Gasteiger partial charge < -0.3 is 9.32 Å². The number of nitrogens with zero attached hydrogens (tertiary/aromatic N) is 1. The largest absolute Gasteiger partial charge is 0.423 e. The highest BCUT2D eigenvalue weighted by Crippen LogP contribution is 2.29. The number of carbonyl (C=O) groups excluding carboxylic acids is 1. The molecule has 3 rings (SSSR count). The van der Waals surface area contributed by atoms with Crippen LogP contribution < -0.4 is 15.7 Å². The van der Waals surface area contributed by atoms with Crippen molar-refractivity contribution in [1.29, 1.82) is 0 Å². The number of rotatable bonds is 3. The van der Waals surface area contributed by atoms with Crippen LogP contribution in [0.3, 0.4) is 0 Å². The molecule has 0 spiro atoms. The molecule has 0 aliphatic carbocycles. The predicted molar refractivity (Wildman–Crippen MR) is 85.7 cm³/mol. The van der Waals surface area contributed by atoms with E-state index >= 15 is 0 Å². The van der Waals surface area contributed by atoms with Gasteiger partial charge in [-0.25, -0.2) is 18.4 Å². The average Bonchev–Trinajstić information content (AvgIpc) is 2.76. The van der Waals surface area contributed by atoms with Crippen LogP contribution in [0.15, 0.2) is 33.5 Å². The molecule has 1 amide bonds. The summed E-state index contributed by atoms with van der Waals surface area (Å²) < 4.78 is 27.5. The van der Waals surface area contributed by atoms with Crippen LogP contribution in [0, 0.1) is 12.8 Å². The number of hydrogen-bond donors (Lipinski definition) is 1. The first kappa shape index (κ1) is 15.7.